The van der Waals surface area contributed by atoms with E-state index in [9.17, 15) is 14.7 Å². The summed E-state index contributed by atoms with van der Waals surface area (Å²) >= 11 is 0. The molecule has 8 atom stereocenters. The van der Waals surface area contributed by atoms with Crippen LogP contribution < -0.4 is 0 Å². The Morgan fingerprint density at radius 3 is 2.35 bits per heavy atom. The molecule has 1 aromatic heterocycles. The molecule has 13 nitrogen and oxygen atoms in total. The van der Waals surface area contributed by atoms with E-state index in [-0.39, 0.29) is 30.4 Å². The van der Waals surface area contributed by atoms with Crippen LogP contribution in [0.3, 0.4) is 0 Å². The van der Waals surface area contributed by atoms with Gasteiger partial charge in [0.2, 0.25) is 6.29 Å². The summed E-state index contributed by atoms with van der Waals surface area (Å²) in [6.07, 6.45) is 1.91. The highest BCUT2D eigenvalue weighted by Gasteiger charge is 2.51. The molecule has 3 fully saturated rings. The number of carbonyl (C=O) groups is 2. The van der Waals surface area contributed by atoms with Crippen molar-refractivity contribution in [3.63, 3.8) is 0 Å². The first-order chi connectivity index (χ1) is 23.0. The zero-order valence-electron chi connectivity index (χ0n) is 31.6. The smallest absolute Gasteiger partial charge is 0.319 e. The number of piperazine rings is 1. The number of hydrogen-bond donors (Lipinski definition) is 1. The summed E-state index contributed by atoms with van der Waals surface area (Å²) in [4.78, 5) is 41.5. The molecule has 0 aromatic carbocycles. The van der Waals surface area contributed by atoms with Crippen molar-refractivity contribution in [1.82, 2.24) is 29.2 Å². The molecule has 1 unspecified atom stereocenters. The van der Waals surface area contributed by atoms with Crippen molar-refractivity contribution in [1.29, 1.82) is 0 Å². The van der Waals surface area contributed by atoms with Crippen molar-refractivity contribution in [2.45, 2.75) is 90.2 Å². The molecule has 3 aliphatic heterocycles. The molecule has 1 aromatic rings. The van der Waals surface area contributed by atoms with Crippen LogP contribution in [0.2, 0.25) is 0 Å². The first-order valence-electron chi connectivity index (χ1n) is 17.7. The number of methoxy groups -OCH3 is 1. The van der Waals surface area contributed by atoms with Crippen LogP contribution in [0.4, 0.5) is 0 Å². The Labute approximate surface area is 293 Å². The molecule has 0 amide bonds. The largest absolute Gasteiger partial charge is 0.467 e. The van der Waals surface area contributed by atoms with Crippen LogP contribution in [-0.2, 0) is 42.1 Å². The Hall–Kier alpha value is -2.39. The van der Waals surface area contributed by atoms with E-state index < -0.39 is 41.4 Å². The van der Waals surface area contributed by atoms with E-state index in [0.717, 1.165) is 45.1 Å². The summed E-state index contributed by atoms with van der Waals surface area (Å²) < 4.78 is 26.8. The van der Waals surface area contributed by atoms with Crippen LogP contribution in [0.5, 0.6) is 0 Å². The lowest BCUT2D eigenvalue weighted by Crippen LogP contribution is -2.58. The maximum absolute atomic E-state index is 14.3. The quantitative estimate of drug-likeness (QED) is 0.317. The van der Waals surface area contributed by atoms with Gasteiger partial charge in [-0.2, -0.15) is 0 Å². The summed E-state index contributed by atoms with van der Waals surface area (Å²) in [5.74, 6) is -0.0117. The number of rotatable bonds is 8. The molecule has 1 N–H and O–H groups in total. The highest BCUT2D eigenvalue weighted by molar-refractivity contribution is 6.04. The van der Waals surface area contributed by atoms with Gasteiger partial charge in [0.05, 0.1) is 30.1 Å². The number of aliphatic hydroxyl groups is 1. The molecular formula is C36H62N6O7. The first-order valence-corrected chi connectivity index (χ1v) is 17.7. The van der Waals surface area contributed by atoms with Crippen molar-refractivity contribution >= 4 is 11.8 Å². The highest BCUT2D eigenvalue weighted by atomic mass is 16.7. The van der Waals surface area contributed by atoms with Crippen molar-refractivity contribution in [2.24, 2.45) is 24.3 Å². The normalized spacial score (nSPS) is 34.9. The van der Waals surface area contributed by atoms with E-state index in [0.29, 0.717) is 25.1 Å². The second kappa shape index (κ2) is 16.3. The number of hydrogen-bond acceptors (Lipinski definition) is 12. The third kappa shape index (κ3) is 9.29. The summed E-state index contributed by atoms with van der Waals surface area (Å²) in [7, 11) is 9.49. The lowest BCUT2D eigenvalue weighted by Gasteiger charge is -2.46. The Kier molecular flexibility index (Phi) is 13.1. The maximum Gasteiger partial charge on any atom is 0.319 e. The van der Waals surface area contributed by atoms with E-state index in [1.54, 1.807) is 27.9 Å². The number of ketones is 1. The van der Waals surface area contributed by atoms with Crippen molar-refractivity contribution in [3.05, 3.63) is 30.6 Å². The molecular weight excluding hydrogens is 628 g/mol. The standard InChI is InChI=1S/C36H62N6O7/c1-24-19-36(6,46-11)32(49-33-30(43)28(38(7)8)18-25(2)48-33)26(3)31(44)35(4,5)34(45)47-23-27(40(10)20-24)21-41-14-16-42(17-15-41)22-29-37-12-13-39(29)9/h12-13,24,26-28,30,32-33,43H,2,14-23H2,1,3-11H3/t24-,26+,27-,28?,30-,32-,33+,36-/m1/s1. The molecule has 49 heavy (non-hydrogen) atoms. The summed E-state index contributed by atoms with van der Waals surface area (Å²) in [5, 5.41) is 11.3. The Balaban J connectivity index is 1.54. The van der Waals surface area contributed by atoms with Crippen LogP contribution in [0, 0.1) is 17.3 Å². The predicted octanol–water partition coefficient (Wildman–Crippen LogP) is 1.99. The molecule has 3 saturated heterocycles. The minimum atomic E-state index is -1.45. The molecule has 278 valence electrons. The second-order valence-electron chi connectivity index (χ2n) is 15.6. The monoisotopic (exact) mass is 690 g/mol. The fourth-order valence-corrected chi connectivity index (χ4v) is 7.72. The molecule has 13 heteroatoms. The fourth-order valence-electron chi connectivity index (χ4n) is 7.72. The lowest BCUT2D eigenvalue weighted by atomic mass is 9.74. The zero-order chi connectivity index (χ0) is 36.3. The number of aromatic nitrogens is 2. The number of cyclic esters (lactones) is 1. The van der Waals surface area contributed by atoms with Gasteiger partial charge in [-0.1, -0.05) is 20.4 Å². The average molecular weight is 691 g/mol. The van der Waals surface area contributed by atoms with Crippen molar-refractivity contribution in [2.75, 3.05) is 74.1 Å². The second-order valence-corrected chi connectivity index (χ2v) is 15.6. The topological polar surface area (TPSA) is 122 Å². The third-order valence-electron chi connectivity index (χ3n) is 11.0. The summed E-state index contributed by atoms with van der Waals surface area (Å²) in [6.45, 7) is 19.2. The van der Waals surface area contributed by atoms with Gasteiger partial charge in [0, 0.05) is 84.2 Å². The van der Waals surface area contributed by atoms with Crippen LogP contribution >= 0.6 is 0 Å². The van der Waals surface area contributed by atoms with Gasteiger partial charge in [-0.15, -0.1) is 0 Å². The number of Topliss-reactive ketones (excluding diaryl/α,β-unsaturated/α-hetero) is 1. The van der Waals surface area contributed by atoms with E-state index in [4.69, 9.17) is 18.9 Å². The lowest BCUT2D eigenvalue weighted by molar-refractivity contribution is -0.267. The van der Waals surface area contributed by atoms with Gasteiger partial charge < -0.3 is 33.5 Å². The molecule has 0 aliphatic carbocycles. The SMILES string of the molecule is C=C1CC(N(C)C)[C@@H](O)[C@H](O[C@@H]2[C@@H](C)C(=O)C(C)(C)C(=O)OC[C@@H](CN3CCN(Cc4nccn4C)CC3)N(C)C[C@H](C)C[C@@]2(C)OC)O1. The molecule has 0 bridgehead atoms. The Morgan fingerprint density at radius 2 is 1.76 bits per heavy atom. The van der Waals surface area contributed by atoms with E-state index in [2.05, 4.69) is 44.8 Å². The van der Waals surface area contributed by atoms with Crippen LogP contribution in [0.1, 0.15) is 53.3 Å². The number of nitrogens with zero attached hydrogens (tertiary/aromatic N) is 6. The van der Waals surface area contributed by atoms with Crippen LogP contribution in [-0.4, -0.2) is 156 Å². The van der Waals surface area contributed by atoms with Gasteiger partial charge in [0.1, 0.15) is 24.0 Å². The molecule has 0 saturated carbocycles. The molecule has 4 heterocycles. The fraction of sp³-hybridized carbons (Fsp3) is 0.806. The van der Waals surface area contributed by atoms with Crippen molar-refractivity contribution in [3.8, 4) is 0 Å². The minimum Gasteiger partial charge on any atom is -0.467 e. The molecule has 4 rings (SSSR count). The van der Waals surface area contributed by atoms with Crippen molar-refractivity contribution < 1.29 is 33.6 Å². The molecule has 0 radical (unpaired) electrons. The van der Waals surface area contributed by atoms with Gasteiger partial charge in [-0.3, -0.25) is 24.3 Å². The number of imidazole rings is 1. The third-order valence-corrected chi connectivity index (χ3v) is 11.0. The number of esters is 1. The predicted molar refractivity (Wildman–Crippen MR) is 186 cm³/mol. The maximum atomic E-state index is 14.3. The number of likely N-dealkylation sites (N-methyl/N-ethyl adjacent to an activating group) is 2. The number of carbonyl (C=O) groups excluding carboxylic acids is 2. The van der Waals surface area contributed by atoms with Crippen LogP contribution in [0.25, 0.3) is 0 Å². The molecule has 0 spiro atoms. The minimum absolute atomic E-state index is 0.0721. The Bertz CT molecular complexity index is 1280. The van der Waals surface area contributed by atoms with Gasteiger partial charge >= 0.3 is 5.97 Å². The van der Waals surface area contributed by atoms with E-state index in [1.165, 1.54) is 0 Å². The van der Waals surface area contributed by atoms with Gasteiger partial charge in [0.15, 0.2) is 5.78 Å². The van der Waals surface area contributed by atoms with E-state index in [1.807, 2.05) is 45.4 Å². The number of aryl methyl sites for hydroxylation is 1. The van der Waals surface area contributed by atoms with Crippen LogP contribution in [0.15, 0.2) is 24.7 Å². The number of ether oxygens (including phenoxy) is 4. The van der Waals surface area contributed by atoms with Gasteiger partial charge in [-0.25, -0.2) is 4.98 Å². The van der Waals surface area contributed by atoms with Gasteiger partial charge in [-0.05, 0) is 54.3 Å². The highest BCUT2D eigenvalue weighted by Crippen LogP contribution is 2.38. The van der Waals surface area contributed by atoms with Gasteiger partial charge in [0.25, 0.3) is 0 Å². The summed E-state index contributed by atoms with van der Waals surface area (Å²) in [6, 6.07) is -0.349. The Morgan fingerprint density at radius 1 is 1.10 bits per heavy atom. The molecule has 3 aliphatic rings. The van der Waals surface area contributed by atoms with E-state index >= 15 is 0 Å². The zero-order valence-corrected chi connectivity index (χ0v) is 31.6. The average Bonchev–Trinajstić information content (AvgIpc) is 3.45. The summed E-state index contributed by atoms with van der Waals surface area (Å²) in [5.41, 5.74) is -2.41. The first kappa shape index (κ1) is 39.4. The number of aliphatic hydroxyl groups excluding tert-OH is 1.